The molecular weight excluding hydrogens is 899 g/mol. The van der Waals surface area contributed by atoms with Crippen molar-refractivity contribution in [3.05, 3.63) is 12.2 Å². The molecule has 0 aromatic heterocycles. The Morgan fingerprint density at radius 2 is 0.644 bits per heavy atom. The van der Waals surface area contributed by atoms with Gasteiger partial charge in [-0.25, -0.2) is 0 Å². The molecule has 0 aliphatic carbocycles. The maximum absolute atomic E-state index is 12.5. The molecule has 2 unspecified atom stereocenters. The fourth-order valence-electron chi connectivity index (χ4n) is 10.7. The Morgan fingerprint density at radius 3 is 0.973 bits per heavy atom. The van der Waals surface area contributed by atoms with Crippen LogP contribution in [-0.4, -0.2) is 47.4 Å². The van der Waals surface area contributed by atoms with Crippen molar-refractivity contribution in [2.75, 3.05) is 13.2 Å². The number of rotatable bonds is 63. The van der Waals surface area contributed by atoms with E-state index in [9.17, 15) is 19.8 Å². The van der Waals surface area contributed by atoms with Gasteiger partial charge in [0.05, 0.1) is 25.4 Å². The summed E-state index contributed by atoms with van der Waals surface area (Å²) >= 11 is 0. The SMILES string of the molecule is CCCCCCCCCCCCCCCCCCCCCCCC(O)C(CO)NC(=O)CCCCCCCCC/C=C\CCCCCCCCCCOC(=O)CCCCCCCCCCCCCCCCCC. The topological polar surface area (TPSA) is 95.9 Å². The van der Waals surface area contributed by atoms with E-state index < -0.39 is 12.1 Å². The maximum atomic E-state index is 12.5. The molecule has 0 radical (unpaired) electrons. The van der Waals surface area contributed by atoms with E-state index in [0.717, 1.165) is 38.5 Å². The molecule has 6 nitrogen and oxygen atoms in total. The third-order valence-electron chi connectivity index (χ3n) is 15.8. The van der Waals surface area contributed by atoms with Crippen LogP contribution in [0.25, 0.3) is 0 Å². The van der Waals surface area contributed by atoms with Gasteiger partial charge < -0.3 is 20.3 Å². The number of hydrogen-bond acceptors (Lipinski definition) is 5. The van der Waals surface area contributed by atoms with Crippen molar-refractivity contribution in [2.45, 2.75) is 392 Å². The van der Waals surface area contributed by atoms with Crippen LogP contribution in [0.1, 0.15) is 380 Å². The second-order valence-corrected chi connectivity index (χ2v) is 23.2. The summed E-state index contributed by atoms with van der Waals surface area (Å²) < 4.78 is 5.49. The van der Waals surface area contributed by atoms with Gasteiger partial charge >= 0.3 is 5.97 Å². The molecule has 6 heteroatoms. The van der Waals surface area contributed by atoms with Crippen molar-refractivity contribution in [3.8, 4) is 0 Å². The fraction of sp³-hybridized carbons (Fsp3) is 0.940. The first-order chi connectivity index (χ1) is 36.0. The summed E-state index contributed by atoms with van der Waals surface area (Å²) in [5.74, 6) is -0.0316. The molecule has 0 heterocycles. The highest BCUT2D eigenvalue weighted by molar-refractivity contribution is 5.76. The minimum atomic E-state index is -0.671. The summed E-state index contributed by atoms with van der Waals surface area (Å²) in [6, 6.07) is -0.549. The van der Waals surface area contributed by atoms with Gasteiger partial charge in [-0.05, 0) is 51.4 Å². The molecule has 0 aliphatic heterocycles. The number of ether oxygens (including phenoxy) is 1. The van der Waals surface area contributed by atoms with Crippen LogP contribution in [0.5, 0.6) is 0 Å². The van der Waals surface area contributed by atoms with Gasteiger partial charge in [0.25, 0.3) is 0 Å². The number of allylic oxidation sites excluding steroid dienone is 2. The lowest BCUT2D eigenvalue weighted by Crippen LogP contribution is -2.45. The summed E-state index contributed by atoms with van der Waals surface area (Å²) in [7, 11) is 0. The number of nitrogens with one attached hydrogen (secondary N) is 1. The largest absolute Gasteiger partial charge is 0.466 e. The molecule has 0 bridgehead atoms. The lowest BCUT2D eigenvalue weighted by molar-refractivity contribution is -0.143. The van der Waals surface area contributed by atoms with Crippen molar-refractivity contribution >= 4 is 11.9 Å². The Kier molecular flexibility index (Phi) is 61.9. The van der Waals surface area contributed by atoms with Crippen LogP contribution in [-0.2, 0) is 14.3 Å². The van der Waals surface area contributed by atoms with Gasteiger partial charge in [-0.3, -0.25) is 9.59 Å². The average Bonchev–Trinajstić information content (AvgIpc) is 3.39. The minimum absolute atomic E-state index is 0.00860. The van der Waals surface area contributed by atoms with Crippen molar-refractivity contribution in [1.82, 2.24) is 5.32 Å². The van der Waals surface area contributed by atoms with Crippen LogP contribution in [0.15, 0.2) is 12.2 Å². The molecule has 0 aliphatic rings. The molecule has 1 amide bonds. The predicted octanol–water partition coefficient (Wildman–Crippen LogP) is 21.2. The Morgan fingerprint density at radius 1 is 0.370 bits per heavy atom. The number of esters is 1. The minimum Gasteiger partial charge on any atom is -0.466 e. The van der Waals surface area contributed by atoms with E-state index in [-0.39, 0.29) is 18.5 Å². The monoisotopic (exact) mass is 1030 g/mol. The quantitative estimate of drug-likeness (QED) is 0.0320. The van der Waals surface area contributed by atoms with E-state index in [4.69, 9.17) is 4.74 Å². The molecule has 0 saturated heterocycles. The van der Waals surface area contributed by atoms with Gasteiger partial charge in [-0.15, -0.1) is 0 Å². The third-order valence-corrected chi connectivity index (χ3v) is 15.8. The first-order valence-corrected chi connectivity index (χ1v) is 33.4. The van der Waals surface area contributed by atoms with Crippen molar-refractivity contribution in [3.63, 3.8) is 0 Å². The van der Waals surface area contributed by atoms with Gasteiger partial charge in [-0.1, -0.05) is 328 Å². The zero-order chi connectivity index (χ0) is 52.9. The number of aliphatic hydroxyl groups excluding tert-OH is 2. The van der Waals surface area contributed by atoms with Crippen LogP contribution in [0.3, 0.4) is 0 Å². The second-order valence-electron chi connectivity index (χ2n) is 23.2. The molecule has 0 aromatic carbocycles. The molecule has 434 valence electrons. The molecular formula is C67H131NO5. The summed E-state index contributed by atoms with van der Waals surface area (Å²) in [6.45, 7) is 4.98. The van der Waals surface area contributed by atoms with Crippen molar-refractivity contribution < 1.29 is 24.5 Å². The van der Waals surface area contributed by atoms with Gasteiger partial charge in [0.15, 0.2) is 0 Å². The van der Waals surface area contributed by atoms with E-state index in [0.29, 0.717) is 25.9 Å². The summed E-state index contributed by atoms with van der Waals surface area (Å²) in [5.41, 5.74) is 0. The van der Waals surface area contributed by atoms with Crippen LogP contribution in [0.2, 0.25) is 0 Å². The van der Waals surface area contributed by atoms with Crippen LogP contribution in [0.4, 0.5) is 0 Å². The average molecular weight is 1030 g/mol. The summed E-state index contributed by atoms with van der Waals surface area (Å²) in [4.78, 5) is 24.6. The lowest BCUT2D eigenvalue weighted by Gasteiger charge is -2.22. The molecule has 3 N–H and O–H groups in total. The van der Waals surface area contributed by atoms with E-state index in [1.807, 2.05) is 0 Å². The van der Waals surface area contributed by atoms with E-state index >= 15 is 0 Å². The highest BCUT2D eigenvalue weighted by Crippen LogP contribution is 2.19. The molecule has 0 fully saturated rings. The summed E-state index contributed by atoms with van der Waals surface area (Å²) in [6.07, 6.45) is 76.6. The van der Waals surface area contributed by atoms with Gasteiger partial charge in [-0.2, -0.15) is 0 Å². The number of carbonyl (C=O) groups excluding carboxylic acids is 2. The predicted molar refractivity (Wildman–Crippen MR) is 320 cm³/mol. The van der Waals surface area contributed by atoms with Crippen LogP contribution in [0, 0.1) is 0 Å². The lowest BCUT2D eigenvalue weighted by atomic mass is 10.0. The second kappa shape index (κ2) is 63.1. The first kappa shape index (κ1) is 71.6. The third kappa shape index (κ3) is 59.7. The van der Waals surface area contributed by atoms with Crippen molar-refractivity contribution in [1.29, 1.82) is 0 Å². The van der Waals surface area contributed by atoms with Gasteiger partial charge in [0.1, 0.15) is 0 Å². The van der Waals surface area contributed by atoms with Gasteiger partial charge in [0.2, 0.25) is 5.91 Å². The smallest absolute Gasteiger partial charge is 0.305 e. The highest BCUT2D eigenvalue weighted by Gasteiger charge is 2.20. The zero-order valence-corrected chi connectivity index (χ0v) is 49.6. The van der Waals surface area contributed by atoms with Crippen LogP contribution >= 0.6 is 0 Å². The summed E-state index contributed by atoms with van der Waals surface area (Å²) in [5, 5.41) is 23.4. The molecule has 0 saturated carbocycles. The standard InChI is InChI=1S/C67H131NO5/c1-3-5-7-9-11-13-15-17-19-21-22-23-25-28-31-35-39-43-47-51-55-59-65(70)64(63-69)68-66(71)60-56-52-48-44-40-36-32-29-26-24-27-30-34-38-42-46-50-54-58-62-73-67(72)61-57-53-49-45-41-37-33-20-18-16-14-12-10-8-6-4-2/h24,26,64-65,69-70H,3-23,25,27-63H2,1-2H3,(H,68,71)/b26-24-. The van der Waals surface area contributed by atoms with Gasteiger partial charge in [0, 0.05) is 12.8 Å². The number of aliphatic hydroxyl groups is 2. The number of unbranched alkanes of at least 4 members (excludes halogenated alkanes) is 50. The zero-order valence-electron chi connectivity index (χ0n) is 49.6. The molecule has 73 heavy (non-hydrogen) atoms. The fourth-order valence-corrected chi connectivity index (χ4v) is 10.7. The van der Waals surface area contributed by atoms with E-state index in [1.165, 1.54) is 308 Å². The number of hydrogen-bond donors (Lipinski definition) is 3. The van der Waals surface area contributed by atoms with Crippen molar-refractivity contribution in [2.24, 2.45) is 0 Å². The molecule has 0 aromatic rings. The number of amides is 1. The van der Waals surface area contributed by atoms with E-state index in [1.54, 1.807) is 0 Å². The molecule has 0 spiro atoms. The Labute approximate surface area is 457 Å². The van der Waals surface area contributed by atoms with Crippen LogP contribution < -0.4 is 5.32 Å². The normalized spacial score (nSPS) is 12.5. The maximum Gasteiger partial charge on any atom is 0.305 e. The Bertz CT molecular complexity index is 1100. The van der Waals surface area contributed by atoms with E-state index in [2.05, 4.69) is 31.3 Å². The first-order valence-electron chi connectivity index (χ1n) is 33.4. The molecule has 0 rings (SSSR count). The Balaban J connectivity index is 3.42. The molecule has 2 atom stereocenters. The number of carbonyl (C=O) groups is 2. The Hall–Kier alpha value is -1.40. The highest BCUT2D eigenvalue weighted by atomic mass is 16.5.